The molecular formula is C16H16O5. The lowest BCUT2D eigenvalue weighted by molar-refractivity contribution is 0.0731. The third-order valence-electron chi connectivity index (χ3n) is 2.88. The van der Waals surface area contributed by atoms with Gasteiger partial charge < -0.3 is 18.9 Å². The largest absolute Gasteiger partial charge is 0.496 e. The zero-order chi connectivity index (χ0) is 15.2. The fraction of sp³-hybridized carbons (Fsp3) is 0.188. The number of methoxy groups -OCH3 is 3. The van der Waals surface area contributed by atoms with Gasteiger partial charge in [0.05, 0.1) is 21.3 Å². The lowest BCUT2D eigenvalue weighted by Gasteiger charge is -2.13. The number of ether oxygens (including phenoxy) is 4. The van der Waals surface area contributed by atoms with Gasteiger partial charge in [-0.15, -0.1) is 0 Å². The van der Waals surface area contributed by atoms with Gasteiger partial charge in [0.25, 0.3) is 0 Å². The van der Waals surface area contributed by atoms with E-state index in [2.05, 4.69) is 0 Å². The summed E-state index contributed by atoms with van der Waals surface area (Å²) >= 11 is 0. The summed E-state index contributed by atoms with van der Waals surface area (Å²) in [5.41, 5.74) is 0.263. The molecule has 0 aliphatic rings. The highest BCUT2D eigenvalue weighted by Crippen LogP contribution is 2.35. The standard InChI is InChI=1S/C16H16O5/c1-18-13-10-15(20-3)14(19-2)9-12(13)16(17)21-11-7-5-4-6-8-11/h4-10H,1-3H3. The number of rotatable bonds is 5. The van der Waals surface area contributed by atoms with Crippen molar-refractivity contribution >= 4 is 5.97 Å². The molecule has 0 saturated carbocycles. The lowest BCUT2D eigenvalue weighted by Crippen LogP contribution is -2.10. The van der Waals surface area contributed by atoms with Gasteiger partial charge >= 0.3 is 5.97 Å². The predicted octanol–water partition coefficient (Wildman–Crippen LogP) is 2.93. The quantitative estimate of drug-likeness (QED) is 0.625. The van der Waals surface area contributed by atoms with E-state index in [4.69, 9.17) is 18.9 Å². The van der Waals surface area contributed by atoms with Crippen molar-refractivity contribution in [2.24, 2.45) is 0 Å². The number of benzene rings is 2. The Labute approximate surface area is 123 Å². The van der Waals surface area contributed by atoms with Crippen molar-refractivity contribution in [1.29, 1.82) is 0 Å². The highest BCUT2D eigenvalue weighted by molar-refractivity contribution is 5.95. The molecule has 0 aromatic heterocycles. The average molecular weight is 288 g/mol. The molecule has 0 bridgehead atoms. The zero-order valence-electron chi connectivity index (χ0n) is 12.1. The molecule has 5 heteroatoms. The molecule has 0 atom stereocenters. The topological polar surface area (TPSA) is 54.0 Å². The van der Waals surface area contributed by atoms with Crippen LogP contribution in [0.1, 0.15) is 10.4 Å². The van der Waals surface area contributed by atoms with Crippen LogP contribution >= 0.6 is 0 Å². The predicted molar refractivity (Wildman–Crippen MR) is 77.5 cm³/mol. The number of esters is 1. The van der Waals surface area contributed by atoms with Crippen molar-refractivity contribution in [2.75, 3.05) is 21.3 Å². The Morgan fingerprint density at radius 1 is 0.810 bits per heavy atom. The van der Waals surface area contributed by atoms with Crippen LogP contribution < -0.4 is 18.9 Å². The third-order valence-corrected chi connectivity index (χ3v) is 2.88. The smallest absolute Gasteiger partial charge is 0.347 e. The number of carbonyl (C=O) groups is 1. The highest BCUT2D eigenvalue weighted by Gasteiger charge is 2.19. The Kier molecular flexibility index (Phi) is 4.66. The van der Waals surface area contributed by atoms with Crippen molar-refractivity contribution in [3.05, 3.63) is 48.0 Å². The van der Waals surface area contributed by atoms with Gasteiger partial charge in [-0.25, -0.2) is 4.79 Å². The molecule has 0 unspecified atom stereocenters. The van der Waals surface area contributed by atoms with E-state index in [9.17, 15) is 4.79 Å². The van der Waals surface area contributed by atoms with Crippen molar-refractivity contribution in [3.8, 4) is 23.0 Å². The number of para-hydroxylation sites is 1. The monoisotopic (exact) mass is 288 g/mol. The van der Waals surface area contributed by atoms with Gasteiger partial charge in [-0.1, -0.05) is 18.2 Å². The molecule has 2 aromatic rings. The lowest BCUT2D eigenvalue weighted by atomic mass is 10.1. The summed E-state index contributed by atoms with van der Waals surface area (Å²) in [6, 6.07) is 11.9. The third kappa shape index (κ3) is 3.25. The van der Waals surface area contributed by atoms with Crippen LogP contribution in [0.5, 0.6) is 23.0 Å². The molecule has 0 amide bonds. The van der Waals surface area contributed by atoms with Gasteiger partial charge in [0.1, 0.15) is 17.1 Å². The van der Waals surface area contributed by atoms with Crippen LogP contribution in [0.2, 0.25) is 0 Å². The van der Waals surface area contributed by atoms with E-state index >= 15 is 0 Å². The van der Waals surface area contributed by atoms with Crippen LogP contribution in [0.3, 0.4) is 0 Å². The summed E-state index contributed by atoms with van der Waals surface area (Å²) in [5.74, 6) is 1.19. The van der Waals surface area contributed by atoms with E-state index < -0.39 is 5.97 Å². The molecule has 0 spiro atoms. The van der Waals surface area contributed by atoms with Crippen LogP contribution in [0, 0.1) is 0 Å². The average Bonchev–Trinajstić information content (AvgIpc) is 2.54. The molecule has 0 aliphatic carbocycles. The van der Waals surface area contributed by atoms with E-state index in [0.29, 0.717) is 23.0 Å². The van der Waals surface area contributed by atoms with E-state index in [1.807, 2.05) is 6.07 Å². The first-order valence-electron chi connectivity index (χ1n) is 6.26. The maximum absolute atomic E-state index is 12.3. The minimum atomic E-state index is -0.529. The Balaban J connectivity index is 2.35. The number of hydrogen-bond acceptors (Lipinski definition) is 5. The van der Waals surface area contributed by atoms with Gasteiger partial charge in [-0.05, 0) is 12.1 Å². The van der Waals surface area contributed by atoms with Gasteiger partial charge in [0, 0.05) is 12.1 Å². The second-order valence-corrected chi connectivity index (χ2v) is 4.11. The molecule has 0 heterocycles. The molecule has 5 nitrogen and oxygen atoms in total. The van der Waals surface area contributed by atoms with Crippen LogP contribution in [0.15, 0.2) is 42.5 Å². The zero-order valence-corrected chi connectivity index (χ0v) is 12.1. The Bertz CT molecular complexity index is 622. The summed E-state index contributed by atoms with van der Waals surface area (Å²) in [7, 11) is 4.48. The molecule has 0 saturated heterocycles. The molecule has 0 radical (unpaired) electrons. The van der Waals surface area contributed by atoms with Gasteiger partial charge in [0.15, 0.2) is 11.5 Å². The molecule has 2 rings (SSSR count). The molecule has 110 valence electrons. The molecule has 0 aliphatic heterocycles. The first-order valence-corrected chi connectivity index (χ1v) is 6.26. The van der Waals surface area contributed by atoms with Crippen LogP contribution in [0.4, 0.5) is 0 Å². The second-order valence-electron chi connectivity index (χ2n) is 4.11. The van der Waals surface area contributed by atoms with E-state index in [1.54, 1.807) is 30.3 Å². The fourth-order valence-electron chi connectivity index (χ4n) is 1.84. The van der Waals surface area contributed by atoms with Crippen LogP contribution in [0.25, 0.3) is 0 Å². The number of carbonyl (C=O) groups excluding carboxylic acids is 1. The normalized spacial score (nSPS) is 9.86. The van der Waals surface area contributed by atoms with E-state index in [1.165, 1.54) is 27.4 Å². The van der Waals surface area contributed by atoms with E-state index in [0.717, 1.165) is 0 Å². The van der Waals surface area contributed by atoms with E-state index in [-0.39, 0.29) is 5.56 Å². The summed E-state index contributed by atoms with van der Waals surface area (Å²) in [5, 5.41) is 0. The highest BCUT2D eigenvalue weighted by atomic mass is 16.5. The maximum atomic E-state index is 12.3. The molecule has 0 N–H and O–H groups in total. The summed E-state index contributed by atoms with van der Waals surface area (Å²) in [6.07, 6.45) is 0. The minimum absolute atomic E-state index is 0.263. The SMILES string of the molecule is COc1cc(OC)c(C(=O)Oc2ccccc2)cc1OC. The number of hydrogen-bond donors (Lipinski definition) is 0. The summed E-state index contributed by atoms with van der Waals surface area (Å²) < 4.78 is 20.9. The fourth-order valence-corrected chi connectivity index (χ4v) is 1.84. The van der Waals surface area contributed by atoms with Crippen LogP contribution in [-0.2, 0) is 0 Å². The summed E-state index contributed by atoms with van der Waals surface area (Å²) in [6.45, 7) is 0. The molecule has 0 fully saturated rings. The Morgan fingerprint density at radius 2 is 1.38 bits per heavy atom. The minimum Gasteiger partial charge on any atom is -0.496 e. The molecule has 21 heavy (non-hydrogen) atoms. The molecule has 2 aromatic carbocycles. The van der Waals surface area contributed by atoms with Crippen LogP contribution in [-0.4, -0.2) is 27.3 Å². The first kappa shape index (κ1) is 14.7. The molecular weight excluding hydrogens is 272 g/mol. The van der Waals surface area contributed by atoms with Crippen molar-refractivity contribution in [2.45, 2.75) is 0 Å². The maximum Gasteiger partial charge on any atom is 0.347 e. The Morgan fingerprint density at radius 3 is 1.95 bits per heavy atom. The van der Waals surface area contributed by atoms with Gasteiger partial charge in [-0.3, -0.25) is 0 Å². The Hall–Kier alpha value is -2.69. The summed E-state index contributed by atoms with van der Waals surface area (Å²) in [4.78, 5) is 12.3. The van der Waals surface area contributed by atoms with Crippen molar-refractivity contribution in [1.82, 2.24) is 0 Å². The second kappa shape index (κ2) is 6.65. The van der Waals surface area contributed by atoms with Crippen molar-refractivity contribution in [3.63, 3.8) is 0 Å². The van der Waals surface area contributed by atoms with Gasteiger partial charge in [0.2, 0.25) is 0 Å². The van der Waals surface area contributed by atoms with Crippen molar-refractivity contribution < 1.29 is 23.7 Å². The first-order chi connectivity index (χ1) is 10.2. The van der Waals surface area contributed by atoms with Gasteiger partial charge in [-0.2, -0.15) is 0 Å².